The molecule has 2 nitrogen and oxygen atoms in total. The van der Waals surface area contributed by atoms with Crippen LogP contribution in [0.4, 0.5) is 0 Å². The molecule has 0 amide bonds. The Labute approximate surface area is 121 Å². The van der Waals surface area contributed by atoms with Gasteiger partial charge in [0.15, 0.2) is 0 Å². The molecule has 0 saturated heterocycles. The third-order valence-corrected chi connectivity index (χ3v) is 3.20. The Bertz CT molecular complexity index is 520. The predicted molar refractivity (Wildman–Crippen MR) is 82.2 cm³/mol. The van der Waals surface area contributed by atoms with E-state index in [2.05, 4.69) is 44.2 Å². The van der Waals surface area contributed by atoms with Gasteiger partial charge in [-0.1, -0.05) is 49.4 Å². The van der Waals surface area contributed by atoms with E-state index in [0.29, 0.717) is 19.8 Å². The van der Waals surface area contributed by atoms with Gasteiger partial charge in [0.2, 0.25) is 0 Å². The van der Waals surface area contributed by atoms with Crippen LogP contribution in [0, 0.1) is 6.92 Å². The Balaban J connectivity index is 1.75. The van der Waals surface area contributed by atoms with Crippen molar-refractivity contribution in [2.75, 3.05) is 13.2 Å². The Hall–Kier alpha value is -1.80. The number of hydrogen-bond donors (Lipinski definition) is 0. The first-order chi connectivity index (χ1) is 9.79. The van der Waals surface area contributed by atoms with Crippen LogP contribution in [0.1, 0.15) is 23.6 Å². The van der Waals surface area contributed by atoms with Crippen molar-refractivity contribution in [2.24, 2.45) is 0 Å². The lowest BCUT2D eigenvalue weighted by atomic mass is 10.1. The smallest absolute Gasteiger partial charge is 0.122 e. The molecule has 0 unspecified atom stereocenters. The number of rotatable bonds is 7. The van der Waals surface area contributed by atoms with Gasteiger partial charge < -0.3 is 9.47 Å². The summed E-state index contributed by atoms with van der Waals surface area (Å²) >= 11 is 0. The molecule has 106 valence electrons. The SMILES string of the molecule is CCc1ccc(C)cc1OCCOCc1ccccc1. The van der Waals surface area contributed by atoms with Crippen LogP contribution in [0.15, 0.2) is 48.5 Å². The normalized spacial score (nSPS) is 10.5. The second-order valence-electron chi connectivity index (χ2n) is 4.85. The van der Waals surface area contributed by atoms with Crippen molar-refractivity contribution in [1.29, 1.82) is 0 Å². The molecule has 0 aliphatic carbocycles. The first-order valence-corrected chi connectivity index (χ1v) is 7.13. The highest BCUT2D eigenvalue weighted by molar-refractivity contribution is 5.37. The Kier molecular flexibility index (Phi) is 5.63. The van der Waals surface area contributed by atoms with E-state index < -0.39 is 0 Å². The molecule has 2 rings (SSSR count). The number of benzene rings is 2. The Morgan fingerprint density at radius 1 is 0.950 bits per heavy atom. The highest BCUT2D eigenvalue weighted by Gasteiger charge is 2.02. The largest absolute Gasteiger partial charge is 0.491 e. The monoisotopic (exact) mass is 270 g/mol. The molecule has 0 aromatic heterocycles. The van der Waals surface area contributed by atoms with Crippen molar-refractivity contribution in [2.45, 2.75) is 26.9 Å². The fourth-order valence-corrected chi connectivity index (χ4v) is 2.06. The van der Waals surface area contributed by atoms with Crippen LogP contribution in [0.25, 0.3) is 0 Å². The van der Waals surface area contributed by atoms with Crippen molar-refractivity contribution in [1.82, 2.24) is 0 Å². The maximum Gasteiger partial charge on any atom is 0.122 e. The molecule has 0 aliphatic rings. The third-order valence-electron chi connectivity index (χ3n) is 3.20. The lowest BCUT2D eigenvalue weighted by molar-refractivity contribution is 0.0886. The van der Waals surface area contributed by atoms with Crippen LogP contribution >= 0.6 is 0 Å². The van der Waals surface area contributed by atoms with E-state index in [-0.39, 0.29) is 0 Å². The highest BCUT2D eigenvalue weighted by atomic mass is 16.5. The highest BCUT2D eigenvalue weighted by Crippen LogP contribution is 2.20. The van der Waals surface area contributed by atoms with Crippen molar-refractivity contribution >= 4 is 0 Å². The first-order valence-electron chi connectivity index (χ1n) is 7.13. The zero-order chi connectivity index (χ0) is 14.2. The van der Waals surface area contributed by atoms with Crippen LogP contribution in [-0.2, 0) is 17.8 Å². The van der Waals surface area contributed by atoms with E-state index in [1.807, 2.05) is 18.2 Å². The van der Waals surface area contributed by atoms with Crippen LogP contribution in [0.5, 0.6) is 5.75 Å². The third kappa shape index (κ3) is 4.39. The van der Waals surface area contributed by atoms with Crippen LogP contribution in [-0.4, -0.2) is 13.2 Å². The zero-order valence-electron chi connectivity index (χ0n) is 12.3. The van der Waals surface area contributed by atoms with Gasteiger partial charge in [-0.25, -0.2) is 0 Å². The molecule has 2 aromatic carbocycles. The molecule has 0 atom stereocenters. The summed E-state index contributed by atoms with van der Waals surface area (Å²) in [4.78, 5) is 0. The molecule has 0 radical (unpaired) electrons. The Morgan fingerprint density at radius 3 is 2.50 bits per heavy atom. The lowest BCUT2D eigenvalue weighted by Crippen LogP contribution is -2.08. The molecule has 0 fully saturated rings. The molecule has 0 heterocycles. The molecule has 20 heavy (non-hydrogen) atoms. The van der Waals surface area contributed by atoms with Gasteiger partial charge in [-0.2, -0.15) is 0 Å². The van der Waals surface area contributed by atoms with Gasteiger partial charge >= 0.3 is 0 Å². The van der Waals surface area contributed by atoms with E-state index >= 15 is 0 Å². The average Bonchev–Trinajstić information content (AvgIpc) is 2.48. The van der Waals surface area contributed by atoms with Crippen LogP contribution in [0.3, 0.4) is 0 Å². The van der Waals surface area contributed by atoms with Crippen molar-refractivity contribution < 1.29 is 9.47 Å². The van der Waals surface area contributed by atoms with Crippen molar-refractivity contribution in [3.8, 4) is 5.75 Å². The van der Waals surface area contributed by atoms with Crippen molar-refractivity contribution in [3.63, 3.8) is 0 Å². The minimum Gasteiger partial charge on any atom is -0.491 e. The maximum absolute atomic E-state index is 5.82. The van der Waals surface area contributed by atoms with Crippen LogP contribution in [0.2, 0.25) is 0 Å². The van der Waals surface area contributed by atoms with E-state index in [1.54, 1.807) is 0 Å². The Morgan fingerprint density at radius 2 is 1.75 bits per heavy atom. The molecule has 0 saturated carbocycles. The second-order valence-corrected chi connectivity index (χ2v) is 4.85. The minimum absolute atomic E-state index is 0.587. The maximum atomic E-state index is 5.82. The van der Waals surface area contributed by atoms with Crippen molar-refractivity contribution in [3.05, 3.63) is 65.2 Å². The summed E-state index contributed by atoms with van der Waals surface area (Å²) in [6.45, 7) is 6.05. The summed E-state index contributed by atoms with van der Waals surface area (Å²) < 4.78 is 11.4. The summed E-state index contributed by atoms with van der Waals surface area (Å²) in [5, 5.41) is 0. The summed E-state index contributed by atoms with van der Waals surface area (Å²) in [6.07, 6.45) is 0.987. The summed E-state index contributed by atoms with van der Waals surface area (Å²) in [7, 11) is 0. The van der Waals surface area contributed by atoms with Gasteiger partial charge in [-0.15, -0.1) is 0 Å². The lowest BCUT2D eigenvalue weighted by Gasteiger charge is -2.11. The molecule has 0 bridgehead atoms. The first kappa shape index (κ1) is 14.6. The quantitative estimate of drug-likeness (QED) is 0.704. The standard InChI is InChI=1S/C18H22O2/c1-3-17-10-9-15(2)13-18(17)20-12-11-19-14-16-7-5-4-6-8-16/h4-10,13H,3,11-12,14H2,1-2H3. The fraction of sp³-hybridized carbons (Fsp3) is 0.333. The van der Waals surface area contributed by atoms with E-state index in [9.17, 15) is 0 Å². The topological polar surface area (TPSA) is 18.5 Å². The van der Waals surface area contributed by atoms with Gasteiger partial charge in [0.1, 0.15) is 12.4 Å². The molecular formula is C18H22O2. The molecule has 2 aromatic rings. The number of ether oxygens (including phenoxy) is 2. The number of hydrogen-bond acceptors (Lipinski definition) is 2. The van der Waals surface area contributed by atoms with Gasteiger partial charge in [-0.05, 0) is 36.1 Å². The molecule has 0 N–H and O–H groups in total. The van der Waals surface area contributed by atoms with Gasteiger partial charge in [0.05, 0.1) is 13.2 Å². The van der Waals surface area contributed by atoms with E-state index in [4.69, 9.17) is 9.47 Å². The molecule has 2 heteroatoms. The number of aryl methyl sites for hydroxylation is 2. The second kappa shape index (κ2) is 7.71. The van der Waals surface area contributed by atoms with Gasteiger partial charge in [0.25, 0.3) is 0 Å². The predicted octanol–water partition coefficient (Wildman–Crippen LogP) is 4.15. The van der Waals surface area contributed by atoms with Gasteiger partial charge in [0, 0.05) is 0 Å². The molecule has 0 spiro atoms. The molecule has 0 aliphatic heterocycles. The summed E-state index contributed by atoms with van der Waals surface area (Å²) in [5.41, 5.74) is 3.67. The van der Waals surface area contributed by atoms with Gasteiger partial charge in [-0.3, -0.25) is 0 Å². The van der Waals surface area contributed by atoms with Crippen LogP contribution < -0.4 is 4.74 Å². The summed E-state index contributed by atoms with van der Waals surface area (Å²) in [6, 6.07) is 16.5. The zero-order valence-corrected chi connectivity index (χ0v) is 12.3. The van der Waals surface area contributed by atoms with E-state index in [1.165, 1.54) is 16.7 Å². The molecular weight excluding hydrogens is 248 g/mol. The fourth-order valence-electron chi connectivity index (χ4n) is 2.06. The average molecular weight is 270 g/mol. The summed E-state index contributed by atoms with van der Waals surface area (Å²) in [5.74, 6) is 0.982. The minimum atomic E-state index is 0.587. The van der Waals surface area contributed by atoms with E-state index in [0.717, 1.165) is 12.2 Å².